The van der Waals surface area contributed by atoms with Crippen molar-refractivity contribution in [2.75, 3.05) is 0 Å². The summed E-state index contributed by atoms with van der Waals surface area (Å²) in [5, 5.41) is 3.76. The van der Waals surface area contributed by atoms with E-state index in [9.17, 15) is 4.79 Å². The van der Waals surface area contributed by atoms with E-state index in [0.717, 1.165) is 16.0 Å². The monoisotopic (exact) mass is 298 g/mol. The third kappa shape index (κ3) is 2.45. The number of aryl methyl sites for hydroxylation is 1. The van der Waals surface area contributed by atoms with Gasteiger partial charge in [0.15, 0.2) is 4.88 Å². The molecule has 0 bridgehead atoms. The van der Waals surface area contributed by atoms with E-state index < -0.39 is 5.97 Å². The summed E-state index contributed by atoms with van der Waals surface area (Å²) in [6.07, 6.45) is 0. The fraction of sp³-hybridized carbons (Fsp3) is 0.100. The van der Waals surface area contributed by atoms with Crippen LogP contribution >= 0.6 is 27.5 Å². The molecule has 0 saturated heterocycles. The van der Waals surface area contributed by atoms with Crippen molar-refractivity contribution in [3.63, 3.8) is 0 Å². The molecule has 6 heteroatoms. The van der Waals surface area contributed by atoms with Crippen molar-refractivity contribution in [3.05, 3.63) is 39.3 Å². The molecule has 82 valence electrons. The maximum Gasteiger partial charge on any atom is 0.357 e. The van der Waals surface area contributed by atoms with Crippen LogP contribution in [0, 0.1) is 6.92 Å². The highest BCUT2D eigenvalue weighted by Crippen LogP contribution is 2.20. The Morgan fingerprint density at radius 2 is 2.31 bits per heavy atom. The molecule has 2 aromatic rings. The number of halogens is 1. The number of nitrogens with zero attached hydrogens (tertiary/aromatic N) is 2. The second kappa shape index (κ2) is 4.71. The zero-order valence-electron chi connectivity index (χ0n) is 8.31. The first-order valence-corrected chi connectivity index (χ1v) is 6.00. The molecule has 1 heterocycles. The maximum absolute atomic E-state index is 11.7. The number of carbonyl (C=O) groups is 1. The molecule has 0 aliphatic rings. The summed E-state index contributed by atoms with van der Waals surface area (Å²) >= 11 is 4.34. The Morgan fingerprint density at radius 3 is 2.94 bits per heavy atom. The van der Waals surface area contributed by atoms with Crippen molar-refractivity contribution in [1.29, 1.82) is 0 Å². The number of aromatic nitrogens is 2. The summed E-state index contributed by atoms with van der Waals surface area (Å²) in [7, 11) is 0. The zero-order chi connectivity index (χ0) is 11.5. The van der Waals surface area contributed by atoms with Gasteiger partial charge in [0.05, 0.1) is 5.69 Å². The second-order valence-corrected chi connectivity index (χ2v) is 4.70. The van der Waals surface area contributed by atoms with Gasteiger partial charge in [-0.1, -0.05) is 26.5 Å². The fourth-order valence-corrected chi connectivity index (χ4v) is 2.02. The van der Waals surface area contributed by atoms with Crippen LogP contribution in [0.15, 0.2) is 28.7 Å². The van der Waals surface area contributed by atoms with Crippen LogP contribution in [0.25, 0.3) is 0 Å². The summed E-state index contributed by atoms with van der Waals surface area (Å²) in [5.41, 5.74) is 0.588. The number of hydrogen-bond acceptors (Lipinski definition) is 5. The lowest BCUT2D eigenvalue weighted by atomic mass is 10.3. The van der Waals surface area contributed by atoms with Crippen molar-refractivity contribution in [1.82, 2.24) is 9.59 Å². The van der Waals surface area contributed by atoms with E-state index in [-0.39, 0.29) is 0 Å². The largest absolute Gasteiger partial charge is 0.422 e. The van der Waals surface area contributed by atoms with Crippen LogP contribution in [0.3, 0.4) is 0 Å². The summed E-state index contributed by atoms with van der Waals surface area (Å²) in [6.45, 7) is 1.72. The van der Waals surface area contributed by atoms with Gasteiger partial charge in [-0.2, -0.15) is 0 Å². The van der Waals surface area contributed by atoms with E-state index in [1.165, 1.54) is 0 Å². The predicted octanol–water partition coefficient (Wildman–Crippen LogP) is 2.83. The van der Waals surface area contributed by atoms with Crippen LogP contribution in [0.2, 0.25) is 0 Å². The molecule has 0 saturated carbocycles. The predicted molar refractivity (Wildman–Crippen MR) is 63.7 cm³/mol. The van der Waals surface area contributed by atoms with Crippen molar-refractivity contribution >= 4 is 33.4 Å². The van der Waals surface area contributed by atoms with Gasteiger partial charge in [0, 0.05) is 4.47 Å². The molecule has 1 aromatic heterocycles. The van der Waals surface area contributed by atoms with Gasteiger partial charge in [-0.25, -0.2) is 4.79 Å². The average molecular weight is 299 g/mol. The molecule has 2 rings (SSSR count). The second-order valence-electron chi connectivity index (χ2n) is 3.03. The Hall–Kier alpha value is -1.27. The summed E-state index contributed by atoms with van der Waals surface area (Å²) < 4.78 is 9.72. The molecule has 0 unspecified atom stereocenters. The van der Waals surface area contributed by atoms with Gasteiger partial charge in [-0.15, -0.1) is 5.10 Å². The Bertz CT molecular complexity index is 527. The van der Waals surface area contributed by atoms with Crippen molar-refractivity contribution in [3.8, 4) is 5.75 Å². The minimum atomic E-state index is -0.425. The number of rotatable bonds is 2. The highest BCUT2D eigenvalue weighted by atomic mass is 79.9. The van der Waals surface area contributed by atoms with Gasteiger partial charge in [0.2, 0.25) is 0 Å². The number of carbonyl (C=O) groups excluding carboxylic acids is 1. The first kappa shape index (κ1) is 11.2. The molecule has 0 radical (unpaired) electrons. The quantitative estimate of drug-likeness (QED) is 0.632. The normalized spacial score (nSPS) is 10.1. The molecule has 0 fully saturated rings. The lowest BCUT2D eigenvalue weighted by molar-refractivity contribution is 0.0739. The number of hydrogen-bond donors (Lipinski definition) is 0. The third-order valence-corrected chi connectivity index (χ3v) is 3.14. The smallest absolute Gasteiger partial charge is 0.357 e. The minimum Gasteiger partial charge on any atom is -0.422 e. The molecule has 16 heavy (non-hydrogen) atoms. The molecular weight excluding hydrogens is 292 g/mol. The highest BCUT2D eigenvalue weighted by molar-refractivity contribution is 9.10. The van der Waals surface area contributed by atoms with Gasteiger partial charge < -0.3 is 4.74 Å². The molecule has 0 aliphatic carbocycles. The first-order valence-electron chi connectivity index (χ1n) is 4.43. The first-order chi connectivity index (χ1) is 7.66. The van der Waals surface area contributed by atoms with Gasteiger partial charge in [0.1, 0.15) is 5.75 Å². The maximum atomic E-state index is 11.7. The van der Waals surface area contributed by atoms with Gasteiger partial charge in [0.25, 0.3) is 0 Å². The summed E-state index contributed by atoms with van der Waals surface area (Å²) in [5.74, 6) is 0.0674. The Balaban J connectivity index is 2.17. The van der Waals surface area contributed by atoms with Crippen LogP contribution in [-0.4, -0.2) is 15.6 Å². The zero-order valence-corrected chi connectivity index (χ0v) is 10.7. The van der Waals surface area contributed by atoms with E-state index in [1.54, 1.807) is 25.1 Å². The molecule has 0 N–H and O–H groups in total. The standard InChI is InChI=1S/C10H7BrN2O2S/c1-6-9(16-13-12-6)10(14)15-8-4-2-3-7(11)5-8/h2-5H,1H3. The van der Waals surface area contributed by atoms with Gasteiger partial charge in [-0.05, 0) is 36.7 Å². The molecular formula is C10H7BrN2O2S. The van der Waals surface area contributed by atoms with Gasteiger partial charge in [-0.3, -0.25) is 0 Å². The van der Waals surface area contributed by atoms with Crippen molar-refractivity contribution in [2.45, 2.75) is 6.92 Å². The molecule has 0 aliphatic heterocycles. The van der Waals surface area contributed by atoms with E-state index in [0.29, 0.717) is 16.3 Å². The number of benzene rings is 1. The Kier molecular flexibility index (Phi) is 3.31. The number of esters is 1. The summed E-state index contributed by atoms with van der Waals surface area (Å²) in [6, 6.07) is 7.09. The van der Waals surface area contributed by atoms with E-state index in [2.05, 4.69) is 25.5 Å². The van der Waals surface area contributed by atoms with Crippen LogP contribution < -0.4 is 4.74 Å². The Labute approximate surface area is 105 Å². The van der Waals surface area contributed by atoms with E-state index in [4.69, 9.17) is 4.74 Å². The molecule has 1 aromatic carbocycles. The molecule has 0 spiro atoms. The van der Waals surface area contributed by atoms with Crippen LogP contribution in [0.5, 0.6) is 5.75 Å². The molecule has 0 atom stereocenters. The van der Waals surface area contributed by atoms with Crippen molar-refractivity contribution in [2.24, 2.45) is 0 Å². The lowest BCUT2D eigenvalue weighted by Gasteiger charge is -2.02. The summed E-state index contributed by atoms with van der Waals surface area (Å²) in [4.78, 5) is 12.1. The lowest BCUT2D eigenvalue weighted by Crippen LogP contribution is -2.07. The molecule has 0 amide bonds. The van der Waals surface area contributed by atoms with E-state index >= 15 is 0 Å². The number of ether oxygens (including phenoxy) is 1. The van der Waals surface area contributed by atoms with Crippen molar-refractivity contribution < 1.29 is 9.53 Å². The minimum absolute atomic E-state index is 0.425. The van der Waals surface area contributed by atoms with Gasteiger partial charge >= 0.3 is 5.97 Å². The van der Waals surface area contributed by atoms with Crippen LogP contribution in [-0.2, 0) is 0 Å². The third-order valence-electron chi connectivity index (χ3n) is 1.84. The Morgan fingerprint density at radius 1 is 1.50 bits per heavy atom. The van der Waals surface area contributed by atoms with Crippen LogP contribution in [0.4, 0.5) is 0 Å². The topological polar surface area (TPSA) is 52.1 Å². The fourth-order valence-electron chi connectivity index (χ4n) is 1.10. The highest BCUT2D eigenvalue weighted by Gasteiger charge is 2.15. The SMILES string of the molecule is Cc1nnsc1C(=O)Oc1cccc(Br)c1. The molecule has 4 nitrogen and oxygen atoms in total. The van der Waals surface area contributed by atoms with E-state index in [1.807, 2.05) is 6.07 Å². The van der Waals surface area contributed by atoms with Crippen LogP contribution in [0.1, 0.15) is 15.4 Å². The average Bonchev–Trinajstić information content (AvgIpc) is 2.64.